The van der Waals surface area contributed by atoms with E-state index in [0.29, 0.717) is 0 Å². The molecule has 2 heteroatoms. The van der Waals surface area contributed by atoms with Gasteiger partial charge in [-0.3, -0.25) is 4.98 Å². The van der Waals surface area contributed by atoms with Crippen molar-refractivity contribution >= 4 is 0 Å². The maximum Gasteiger partial charge on any atom is 2.00 e. The maximum absolute atomic E-state index is 3.78. The summed E-state index contributed by atoms with van der Waals surface area (Å²) in [4.78, 5) is 3.78. The van der Waals surface area contributed by atoms with E-state index in [0.717, 1.165) is 0 Å². The number of nitrogens with zero attached hydrogens (tertiary/aromatic N) is 1. The average Bonchev–Trinajstić information content (AvgIpc) is 1.72. The third-order valence-corrected chi connectivity index (χ3v) is 0.566. The molecule has 1 heterocycles. The molecule has 0 aliphatic carbocycles. The van der Waals surface area contributed by atoms with Crippen LogP contribution < -0.4 is 0 Å². The van der Waals surface area contributed by atoms with Gasteiger partial charge in [0.1, 0.15) is 0 Å². The largest absolute Gasteiger partial charge is 2.00 e. The molecule has 0 spiro atoms. The summed E-state index contributed by atoms with van der Waals surface area (Å²) in [5.41, 5.74) is 0. The summed E-state index contributed by atoms with van der Waals surface area (Å²) in [6.07, 6.45) is 3.50. The zero-order chi connectivity index (χ0) is 4.24. The molecular formula is C5H5CeN+2. The van der Waals surface area contributed by atoms with Crippen LogP contribution in [0, 0.1) is 41.7 Å². The molecule has 0 unspecified atom stereocenters. The van der Waals surface area contributed by atoms with Crippen LogP contribution in [-0.4, -0.2) is 4.98 Å². The molecule has 0 saturated carbocycles. The first-order valence-electron chi connectivity index (χ1n) is 1.85. The number of hydrogen-bond donors (Lipinski definition) is 0. The molecule has 0 atom stereocenters. The Morgan fingerprint density at radius 3 is 1.57 bits per heavy atom. The van der Waals surface area contributed by atoms with Gasteiger partial charge in [-0.15, -0.1) is 0 Å². The van der Waals surface area contributed by atoms with Crippen molar-refractivity contribution < 1.29 is 41.7 Å². The van der Waals surface area contributed by atoms with Crippen LogP contribution >= 0.6 is 0 Å². The number of hydrogen-bond acceptors (Lipinski definition) is 1. The third-order valence-electron chi connectivity index (χ3n) is 0.566. The Labute approximate surface area is 76.5 Å². The molecule has 7 heavy (non-hydrogen) atoms. The smallest absolute Gasteiger partial charge is 0.265 e. The van der Waals surface area contributed by atoms with Crippen LogP contribution in [0.4, 0.5) is 0 Å². The monoisotopic (exact) mass is 219 g/mol. The van der Waals surface area contributed by atoms with E-state index in [-0.39, 0.29) is 41.7 Å². The average molecular weight is 219 g/mol. The van der Waals surface area contributed by atoms with Gasteiger partial charge in [0.2, 0.25) is 0 Å². The zero-order valence-corrected chi connectivity index (χ0v) is 6.97. The maximum atomic E-state index is 3.78. The van der Waals surface area contributed by atoms with Gasteiger partial charge in [0.15, 0.2) is 0 Å². The zero-order valence-electron chi connectivity index (χ0n) is 3.83. The van der Waals surface area contributed by atoms with Gasteiger partial charge in [-0.25, -0.2) is 0 Å². The number of pyridine rings is 1. The Morgan fingerprint density at radius 2 is 1.43 bits per heavy atom. The van der Waals surface area contributed by atoms with Gasteiger partial charge in [0, 0.05) is 12.4 Å². The van der Waals surface area contributed by atoms with Crippen molar-refractivity contribution in [1.82, 2.24) is 4.98 Å². The predicted octanol–water partition coefficient (Wildman–Crippen LogP) is 1.08. The van der Waals surface area contributed by atoms with E-state index < -0.39 is 0 Å². The van der Waals surface area contributed by atoms with Crippen molar-refractivity contribution in [2.75, 3.05) is 0 Å². The van der Waals surface area contributed by atoms with Crippen LogP contribution in [0.1, 0.15) is 0 Å². The molecule has 1 nitrogen and oxygen atoms in total. The summed E-state index contributed by atoms with van der Waals surface area (Å²) in [7, 11) is 0. The Morgan fingerprint density at radius 1 is 0.857 bits per heavy atom. The quantitative estimate of drug-likeness (QED) is 0.636. The normalized spacial score (nSPS) is 6.86. The van der Waals surface area contributed by atoms with E-state index in [1.165, 1.54) is 0 Å². The van der Waals surface area contributed by atoms with Crippen molar-refractivity contribution in [1.29, 1.82) is 0 Å². The molecule has 0 aromatic carbocycles. The van der Waals surface area contributed by atoms with E-state index in [9.17, 15) is 0 Å². The first-order chi connectivity index (χ1) is 3.00. The van der Waals surface area contributed by atoms with Gasteiger partial charge in [-0.2, -0.15) is 0 Å². The molecule has 0 bridgehead atoms. The molecule has 0 aliphatic rings. The summed E-state index contributed by atoms with van der Waals surface area (Å²) in [5.74, 6) is 0. The molecular weight excluding hydrogens is 214 g/mol. The molecule has 0 aliphatic heterocycles. The van der Waals surface area contributed by atoms with Crippen molar-refractivity contribution in [3.05, 3.63) is 30.6 Å². The van der Waals surface area contributed by atoms with Crippen molar-refractivity contribution in [3.8, 4) is 0 Å². The van der Waals surface area contributed by atoms with Crippen LogP contribution in [-0.2, 0) is 0 Å². The minimum Gasteiger partial charge on any atom is -0.265 e. The molecule has 1 aromatic rings. The standard InChI is InChI=1S/C5H5N.Ce/c1-2-4-6-5-3-1;/h1-5H;/q;+2. The first-order valence-corrected chi connectivity index (χ1v) is 1.85. The van der Waals surface area contributed by atoms with E-state index in [1.54, 1.807) is 12.4 Å². The summed E-state index contributed by atoms with van der Waals surface area (Å²) in [6.45, 7) is 0. The molecule has 0 saturated heterocycles. The Balaban J connectivity index is 0.000000360. The van der Waals surface area contributed by atoms with Gasteiger partial charge >= 0.3 is 41.7 Å². The predicted molar refractivity (Wildman–Crippen MR) is 24.2 cm³/mol. The van der Waals surface area contributed by atoms with Crippen molar-refractivity contribution in [2.24, 2.45) is 0 Å². The minimum absolute atomic E-state index is 0. The molecule has 0 N–H and O–H groups in total. The Bertz CT molecular complexity index is 80.0. The Kier molecular flexibility index (Phi) is 5.03. The fourth-order valence-corrected chi connectivity index (χ4v) is 0.313. The Hall–Kier alpha value is 0.527. The number of rotatable bonds is 0. The summed E-state index contributed by atoms with van der Waals surface area (Å²) < 4.78 is 0. The first kappa shape index (κ1) is 7.53. The second-order valence-electron chi connectivity index (χ2n) is 1.02. The SMILES string of the molecule is [Ce+2].c1ccncc1. The summed E-state index contributed by atoms with van der Waals surface area (Å²) in [6, 6.07) is 5.72. The topological polar surface area (TPSA) is 12.9 Å². The van der Waals surface area contributed by atoms with E-state index in [4.69, 9.17) is 0 Å². The van der Waals surface area contributed by atoms with Crippen molar-refractivity contribution in [3.63, 3.8) is 0 Å². The van der Waals surface area contributed by atoms with E-state index >= 15 is 0 Å². The van der Waals surface area contributed by atoms with Gasteiger partial charge in [-0.1, -0.05) is 6.07 Å². The second-order valence-corrected chi connectivity index (χ2v) is 1.02. The molecule has 1 aromatic heterocycles. The van der Waals surface area contributed by atoms with Gasteiger partial charge in [0.25, 0.3) is 0 Å². The van der Waals surface area contributed by atoms with Gasteiger partial charge in [-0.05, 0) is 12.1 Å². The van der Waals surface area contributed by atoms with Crippen LogP contribution in [0.25, 0.3) is 0 Å². The summed E-state index contributed by atoms with van der Waals surface area (Å²) >= 11 is 0. The number of aromatic nitrogens is 1. The van der Waals surface area contributed by atoms with Crippen LogP contribution in [0.3, 0.4) is 0 Å². The third kappa shape index (κ3) is 3.14. The van der Waals surface area contributed by atoms with E-state index in [1.807, 2.05) is 18.2 Å². The fraction of sp³-hybridized carbons (Fsp3) is 0. The second kappa shape index (κ2) is 4.68. The molecule has 0 radical (unpaired) electrons. The van der Waals surface area contributed by atoms with Gasteiger partial charge in [0.05, 0.1) is 0 Å². The summed E-state index contributed by atoms with van der Waals surface area (Å²) in [5, 5.41) is 0. The van der Waals surface area contributed by atoms with Crippen molar-refractivity contribution in [2.45, 2.75) is 0 Å². The molecule has 1 rings (SSSR count). The molecule has 0 amide bonds. The van der Waals surface area contributed by atoms with Crippen LogP contribution in [0.15, 0.2) is 30.6 Å². The van der Waals surface area contributed by atoms with E-state index in [2.05, 4.69) is 4.98 Å². The molecule has 32 valence electrons. The minimum atomic E-state index is 0. The molecule has 0 fully saturated rings. The van der Waals surface area contributed by atoms with Gasteiger partial charge < -0.3 is 0 Å². The fourth-order valence-electron chi connectivity index (χ4n) is 0.313. The van der Waals surface area contributed by atoms with Crippen LogP contribution in [0.5, 0.6) is 0 Å². The van der Waals surface area contributed by atoms with Crippen LogP contribution in [0.2, 0.25) is 0 Å².